The smallest absolute Gasteiger partial charge is 0.309 e. The van der Waals surface area contributed by atoms with Crippen molar-refractivity contribution in [1.29, 1.82) is 0 Å². The summed E-state index contributed by atoms with van der Waals surface area (Å²) in [4.78, 5) is 26.9. The summed E-state index contributed by atoms with van der Waals surface area (Å²) in [7, 11) is 0. The maximum atomic E-state index is 11.7. The molecule has 6 heteroatoms. The topological polar surface area (TPSA) is 81.1 Å². The Morgan fingerprint density at radius 3 is 2.37 bits per heavy atom. The van der Waals surface area contributed by atoms with Crippen LogP contribution < -0.4 is 0 Å². The highest BCUT2D eigenvalue weighted by atomic mass is 16.4. The number of hydrogen-bond acceptors (Lipinski definition) is 4. The van der Waals surface area contributed by atoms with Crippen molar-refractivity contribution in [3.63, 3.8) is 0 Å². The molecule has 0 unspecified atom stereocenters. The van der Waals surface area contributed by atoms with Gasteiger partial charge >= 0.3 is 5.97 Å². The van der Waals surface area contributed by atoms with Crippen molar-refractivity contribution < 1.29 is 19.8 Å². The molecule has 6 nitrogen and oxygen atoms in total. The van der Waals surface area contributed by atoms with E-state index in [9.17, 15) is 19.8 Å². The van der Waals surface area contributed by atoms with E-state index in [0.717, 1.165) is 25.7 Å². The monoisotopic (exact) mass is 374 g/mol. The molecule has 2 fully saturated rings. The summed E-state index contributed by atoms with van der Waals surface area (Å²) in [6, 6.07) is 10.4. The van der Waals surface area contributed by atoms with Crippen LogP contribution in [-0.4, -0.2) is 70.2 Å². The highest BCUT2D eigenvalue weighted by molar-refractivity contribution is 5.75. The van der Waals surface area contributed by atoms with Gasteiger partial charge in [0.1, 0.15) is 0 Å². The standard InChI is InChI=1S/C21H30N2O4/c1-16(24)23-12-11-22(13-19(14-23)20(25)26)15-21(27)9-7-18(8-10-21)17-5-3-2-4-6-17/h2-6,18-19,27H,7-15H2,1H3,(H,25,26)/t18?,19-,21?/m1/s1. The first-order valence-electron chi connectivity index (χ1n) is 9.84. The van der Waals surface area contributed by atoms with Crippen LogP contribution in [0.2, 0.25) is 0 Å². The maximum absolute atomic E-state index is 11.7. The molecule has 3 rings (SSSR count). The first-order chi connectivity index (χ1) is 12.9. The van der Waals surface area contributed by atoms with Crippen LogP contribution in [0.4, 0.5) is 0 Å². The summed E-state index contributed by atoms with van der Waals surface area (Å²) in [5.41, 5.74) is 0.553. The van der Waals surface area contributed by atoms with E-state index in [-0.39, 0.29) is 12.5 Å². The lowest BCUT2D eigenvalue weighted by atomic mass is 9.76. The lowest BCUT2D eigenvalue weighted by molar-refractivity contribution is -0.143. The first-order valence-corrected chi connectivity index (χ1v) is 9.84. The minimum absolute atomic E-state index is 0.0924. The summed E-state index contributed by atoms with van der Waals surface area (Å²) in [6.07, 6.45) is 3.32. The molecule has 2 aliphatic rings. The number of aliphatic carboxylic acids is 1. The number of rotatable bonds is 4. The zero-order valence-corrected chi connectivity index (χ0v) is 16.0. The molecule has 0 aromatic heterocycles. The van der Waals surface area contributed by atoms with Gasteiger partial charge in [0.25, 0.3) is 0 Å². The summed E-state index contributed by atoms with van der Waals surface area (Å²) < 4.78 is 0. The van der Waals surface area contributed by atoms with Gasteiger partial charge in [-0.3, -0.25) is 14.5 Å². The van der Waals surface area contributed by atoms with E-state index in [0.29, 0.717) is 32.1 Å². The highest BCUT2D eigenvalue weighted by Crippen LogP contribution is 2.38. The van der Waals surface area contributed by atoms with Crippen LogP contribution in [0.25, 0.3) is 0 Å². The van der Waals surface area contributed by atoms with E-state index in [4.69, 9.17) is 0 Å². The molecule has 0 spiro atoms. The van der Waals surface area contributed by atoms with Crippen molar-refractivity contribution in [2.24, 2.45) is 5.92 Å². The molecule has 1 aliphatic carbocycles. The molecule has 1 aromatic carbocycles. The fourth-order valence-electron chi connectivity index (χ4n) is 4.45. The summed E-state index contributed by atoms with van der Waals surface area (Å²) in [5.74, 6) is -1.10. The van der Waals surface area contributed by atoms with Crippen LogP contribution in [-0.2, 0) is 9.59 Å². The molecule has 0 bridgehead atoms. The molecule has 1 amide bonds. The maximum Gasteiger partial charge on any atom is 0.309 e. The third-order valence-electron chi connectivity index (χ3n) is 6.11. The van der Waals surface area contributed by atoms with E-state index >= 15 is 0 Å². The molecule has 1 saturated carbocycles. The molecule has 27 heavy (non-hydrogen) atoms. The number of hydrogen-bond donors (Lipinski definition) is 2. The summed E-state index contributed by atoms with van der Waals surface area (Å²) in [5, 5.41) is 20.6. The SMILES string of the molecule is CC(=O)N1CCN(CC2(O)CCC(c3ccccc3)CC2)C[C@@H](C(=O)O)C1. The molecule has 2 N–H and O–H groups in total. The van der Waals surface area contributed by atoms with Gasteiger partial charge in [-0.25, -0.2) is 0 Å². The Labute approximate surface area is 160 Å². The third kappa shape index (κ3) is 5.08. The quantitative estimate of drug-likeness (QED) is 0.842. The average Bonchev–Trinajstić information content (AvgIpc) is 2.86. The molecule has 0 radical (unpaired) electrons. The number of carboxylic acid groups (broad SMARTS) is 1. The highest BCUT2D eigenvalue weighted by Gasteiger charge is 2.37. The van der Waals surface area contributed by atoms with Gasteiger partial charge in [-0.05, 0) is 37.2 Å². The van der Waals surface area contributed by atoms with Crippen molar-refractivity contribution in [3.8, 4) is 0 Å². The number of β-amino-alcohol motifs (C(OH)–C–C–N with tert-alkyl or cyclic N) is 1. The molecular weight excluding hydrogens is 344 g/mol. The van der Waals surface area contributed by atoms with E-state index in [1.807, 2.05) is 11.0 Å². The molecule has 1 heterocycles. The van der Waals surface area contributed by atoms with Gasteiger partial charge in [0, 0.05) is 39.6 Å². The number of amides is 1. The second kappa shape index (κ2) is 8.40. The van der Waals surface area contributed by atoms with Gasteiger partial charge in [0.05, 0.1) is 11.5 Å². The minimum atomic E-state index is -0.882. The number of benzene rings is 1. The molecule has 1 atom stereocenters. The fraction of sp³-hybridized carbons (Fsp3) is 0.619. The molecule has 148 valence electrons. The van der Waals surface area contributed by atoms with Crippen LogP contribution in [0.5, 0.6) is 0 Å². The van der Waals surface area contributed by atoms with Gasteiger partial charge in [0.2, 0.25) is 5.91 Å². The Morgan fingerprint density at radius 2 is 1.78 bits per heavy atom. The van der Waals surface area contributed by atoms with Crippen molar-refractivity contribution in [1.82, 2.24) is 9.80 Å². The lowest BCUT2D eigenvalue weighted by Gasteiger charge is -2.39. The number of aliphatic hydroxyl groups is 1. The predicted octanol–water partition coefficient (Wildman–Crippen LogP) is 1.94. The Kier molecular flexibility index (Phi) is 6.17. The molecule has 1 aromatic rings. The van der Waals surface area contributed by atoms with E-state index in [2.05, 4.69) is 24.3 Å². The van der Waals surface area contributed by atoms with Crippen LogP contribution in [0.1, 0.15) is 44.1 Å². The Balaban J connectivity index is 1.60. The largest absolute Gasteiger partial charge is 0.481 e. The first kappa shape index (κ1) is 19.8. The minimum Gasteiger partial charge on any atom is -0.481 e. The van der Waals surface area contributed by atoms with Crippen LogP contribution in [0.3, 0.4) is 0 Å². The normalized spacial score (nSPS) is 29.9. The lowest BCUT2D eigenvalue weighted by Crippen LogP contribution is -2.47. The zero-order valence-electron chi connectivity index (χ0n) is 16.0. The van der Waals surface area contributed by atoms with Crippen molar-refractivity contribution in [3.05, 3.63) is 35.9 Å². The van der Waals surface area contributed by atoms with E-state index in [1.165, 1.54) is 12.5 Å². The summed E-state index contributed by atoms with van der Waals surface area (Å²) in [6.45, 7) is 3.70. The third-order valence-corrected chi connectivity index (χ3v) is 6.11. The number of carboxylic acids is 1. The average molecular weight is 374 g/mol. The van der Waals surface area contributed by atoms with E-state index in [1.54, 1.807) is 4.90 Å². The molecule has 1 aliphatic heterocycles. The van der Waals surface area contributed by atoms with Gasteiger partial charge in [-0.1, -0.05) is 30.3 Å². The molecular formula is C21H30N2O4. The summed E-state index contributed by atoms with van der Waals surface area (Å²) >= 11 is 0. The number of nitrogens with zero attached hydrogens (tertiary/aromatic N) is 2. The van der Waals surface area contributed by atoms with Gasteiger partial charge < -0.3 is 15.1 Å². The number of carbonyl (C=O) groups is 2. The van der Waals surface area contributed by atoms with Crippen LogP contribution in [0.15, 0.2) is 30.3 Å². The van der Waals surface area contributed by atoms with Crippen LogP contribution >= 0.6 is 0 Å². The fourth-order valence-corrected chi connectivity index (χ4v) is 4.45. The zero-order chi connectivity index (χ0) is 19.4. The van der Waals surface area contributed by atoms with Crippen molar-refractivity contribution in [2.75, 3.05) is 32.7 Å². The Hall–Kier alpha value is -1.92. The van der Waals surface area contributed by atoms with E-state index < -0.39 is 17.5 Å². The second-order valence-corrected chi connectivity index (χ2v) is 8.14. The van der Waals surface area contributed by atoms with Crippen molar-refractivity contribution >= 4 is 11.9 Å². The van der Waals surface area contributed by atoms with Gasteiger partial charge in [-0.2, -0.15) is 0 Å². The molecule has 1 saturated heterocycles. The Morgan fingerprint density at radius 1 is 1.11 bits per heavy atom. The predicted molar refractivity (Wildman–Crippen MR) is 102 cm³/mol. The number of carbonyl (C=O) groups excluding carboxylic acids is 1. The second-order valence-electron chi connectivity index (χ2n) is 8.14. The van der Waals surface area contributed by atoms with Gasteiger partial charge in [0.15, 0.2) is 0 Å². The van der Waals surface area contributed by atoms with Crippen molar-refractivity contribution in [2.45, 2.75) is 44.1 Å². The Bertz CT molecular complexity index is 655. The van der Waals surface area contributed by atoms with Gasteiger partial charge in [-0.15, -0.1) is 0 Å². The van der Waals surface area contributed by atoms with Crippen LogP contribution in [0, 0.1) is 5.92 Å².